The number of aromatic nitrogens is 1. The van der Waals surface area contributed by atoms with E-state index in [-0.39, 0.29) is 12.1 Å². The van der Waals surface area contributed by atoms with Gasteiger partial charge in [0.2, 0.25) is 0 Å². The highest BCUT2D eigenvalue weighted by molar-refractivity contribution is 9.10. The Hall–Kier alpha value is -2.48. The van der Waals surface area contributed by atoms with Crippen molar-refractivity contribution in [1.29, 1.82) is 0 Å². The Kier molecular flexibility index (Phi) is 3.77. The number of carboxylic acid groups (broad SMARTS) is 1. The van der Waals surface area contributed by atoms with Crippen LogP contribution in [0.25, 0.3) is 0 Å². The fourth-order valence-electron chi connectivity index (χ4n) is 2.45. The molecule has 2 amide bonds. The molecular weight excluding hydrogens is 371 g/mol. The number of carboxylic acids is 1. The van der Waals surface area contributed by atoms with Gasteiger partial charge in [-0.3, -0.25) is 14.2 Å². The van der Waals surface area contributed by atoms with Gasteiger partial charge in [0, 0.05) is 17.1 Å². The van der Waals surface area contributed by atoms with E-state index in [0.717, 1.165) is 4.57 Å². The first kappa shape index (κ1) is 15.4. The van der Waals surface area contributed by atoms with E-state index in [1.165, 1.54) is 18.3 Å². The number of carbonyl (C=O) groups is 3. The minimum Gasteiger partial charge on any atom is -0.480 e. The zero-order valence-corrected chi connectivity index (χ0v) is 13.2. The molecule has 8 heteroatoms. The van der Waals surface area contributed by atoms with E-state index < -0.39 is 30.3 Å². The smallest absolute Gasteiger partial charge is 0.336 e. The summed E-state index contributed by atoms with van der Waals surface area (Å²) in [5.41, 5.74) is 1.11. The fraction of sp³-hybridized carbons (Fsp3) is 0.133. The highest BCUT2D eigenvalue weighted by atomic mass is 79.9. The second-order valence-corrected chi connectivity index (χ2v) is 6.00. The third kappa shape index (κ3) is 2.77. The van der Waals surface area contributed by atoms with Gasteiger partial charge in [-0.2, -0.15) is 0 Å². The van der Waals surface area contributed by atoms with E-state index >= 15 is 0 Å². The van der Waals surface area contributed by atoms with Crippen LogP contribution in [0, 0.1) is 5.82 Å². The van der Waals surface area contributed by atoms with Gasteiger partial charge in [-0.15, -0.1) is 0 Å². The lowest BCUT2D eigenvalue weighted by Gasteiger charge is -2.09. The number of fused-ring (bicyclic) bond motifs is 1. The molecule has 0 bridgehead atoms. The van der Waals surface area contributed by atoms with Gasteiger partial charge in [-0.05, 0) is 29.3 Å². The molecule has 1 N–H and O–H groups in total. The Morgan fingerprint density at radius 2 is 2.00 bits per heavy atom. The second kappa shape index (κ2) is 5.62. The Morgan fingerprint density at radius 1 is 1.26 bits per heavy atom. The number of halogens is 2. The molecule has 1 aliphatic rings. The predicted molar refractivity (Wildman–Crippen MR) is 80.8 cm³/mol. The van der Waals surface area contributed by atoms with Gasteiger partial charge < -0.3 is 5.11 Å². The van der Waals surface area contributed by atoms with Crippen molar-refractivity contribution in [1.82, 2.24) is 9.47 Å². The van der Waals surface area contributed by atoms with Crippen LogP contribution in [0.4, 0.5) is 9.18 Å². The first-order valence-electron chi connectivity index (χ1n) is 6.60. The monoisotopic (exact) mass is 380 g/mol. The molecule has 23 heavy (non-hydrogen) atoms. The molecule has 6 nitrogen and oxygen atoms in total. The summed E-state index contributed by atoms with van der Waals surface area (Å²) in [5.74, 6) is -2.33. The summed E-state index contributed by atoms with van der Waals surface area (Å²) >= 11 is 3.17. The lowest BCUT2D eigenvalue weighted by Crippen LogP contribution is -2.35. The van der Waals surface area contributed by atoms with Crippen molar-refractivity contribution in [2.24, 2.45) is 0 Å². The number of nitrogens with zero attached hydrogens (tertiary/aromatic N) is 2. The molecular formula is C15H10BrFN2O4. The first-order chi connectivity index (χ1) is 10.9. The largest absolute Gasteiger partial charge is 0.480 e. The number of amides is 2. The van der Waals surface area contributed by atoms with E-state index in [1.54, 1.807) is 12.1 Å². The van der Waals surface area contributed by atoms with E-state index in [0.29, 0.717) is 20.5 Å². The zero-order valence-electron chi connectivity index (χ0n) is 11.6. The van der Waals surface area contributed by atoms with Crippen LogP contribution in [0.2, 0.25) is 0 Å². The van der Waals surface area contributed by atoms with Crippen molar-refractivity contribution in [3.8, 4) is 0 Å². The van der Waals surface area contributed by atoms with E-state index in [9.17, 15) is 18.8 Å². The number of aliphatic carboxylic acids is 1. The summed E-state index contributed by atoms with van der Waals surface area (Å²) in [6.45, 7) is -0.685. The topological polar surface area (TPSA) is 79.6 Å². The standard InChI is InChI=1S/C15H10BrFN2O4/c16-10-2-1-9(11(17)5-10)3-8-4-12-14(22)19(7-13(20)21)15(23)18(12)6-8/h1-2,4-6H,3,7H2,(H,20,21). The van der Waals surface area contributed by atoms with Gasteiger partial charge in [0.25, 0.3) is 5.91 Å². The Morgan fingerprint density at radius 3 is 2.61 bits per heavy atom. The van der Waals surface area contributed by atoms with Crippen molar-refractivity contribution in [2.45, 2.75) is 6.42 Å². The number of benzene rings is 1. The van der Waals surface area contributed by atoms with Crippen LogP contribution < -0.4 is 0 Å². The van der Waals surface area contributed by atoms with Gasteiger partial charge in [-0.25, -0.2) is 14.1 Å². The minimum atomic E-state index is -1.27. The summed E-state index contributed by atoms with van der Waals surface area (Å²) in [4.78, 5) is 35.5. The maximum absolute atomic E-state index is 13.9. The van der Waals surface area contributed by atoms with E-state index in [2.05, 4.69) is 15.9 Å². The molecule has 1 aliphatic heterocycles. The number of imide groups is 1. The lowest BCUT2D eigenvalue weighted by atomic mass is 10.1. The minimum absolute atomic E-state index is 0.0868. The molecule has 0 saturated heterocycles. The van der Waals surface area contributed by atoms with Crippen molar-refractivity contribution >= 4 is 33.8 Å². The number of rotatable bonds is 4. The summed E-state index contributed by atoms with van der Waals surface area (Å²) in [6, 6.07) is 5.42. The van der Waals surface area contributed by atoms with Gasteiger partial charge in [0.1, 0.15) is 18.1 Å². The highest BCUT2D eigenvalue weighted by Crippen LogP contribution is 2.23. The fourth-order valence-corrected chi connectivity index (χ4v) is 2.79. The predicted octanol–water partition coefficient (Wildman–Crippen LogP) is 2.49. The SMILES string of the molecule is O=C(O)CN1C(=O)c2cc(Cc3ccc(Br)cc3F)cn2C1=O. The van der Waals surface area contributed by atoms with Crippen molar-refractivity contribution in [2.75, 3.05) is 6.54 Å². The quantitative estimate of drug-likeness (QED) is 0.883. The Balaban J connectivity index is 1.86. The molecule has 0 aliphatic carbocycles. The molecule has 0 fully saturated rings. The molecule has 2 aromatic rings. The van der Waals surface area contributed by atoms with Gasteiger partial charge in [0.05, 0.1) is 0 Å². The number of hydrogen-bond donors (Lipinski definition) is 1. The van der Waals surface area contributed by atoms with Crippen molar-refractivity contribution in [3.63, 3.8) is 0 Å². The van der Waals surface area contributed by atoms with E-state index in [4.69, 9.17) is 5.11 Å². The molecule has 0 atom stereocenters. The molecule has 2 heterocycles. The van der Waals surface area contributed by atoms with Crippen LogP contribution in [0.5, 0.6) is 0 Å². The average molecular weight is 381 g/mol. The maximum Gasteiger partial charge on any atom is 0.336 e. The summed E-state index contributed by atoms with van der Waals surface area (Å²) in [7, 11) is 0. The highest BCUT2D eigenvalue weighted by Gasteiger charge is 2.37. The molecule has 0 saturated carbocycles. The van der Waals surface area contributed by atoms with Crippen LogP contribution in [-0.4, -0.2) is 39.0 Å². The van der Waals surface area contributed by atoms with Gasteiger partial charge >= 0.3 is 12.0 Å². The van der Waals surface area contributed by atoms with Crippen LogP contribution >= 0.6 is 15.9 Å². The van der Waals surface area contributed by atoms with Crippen molar-refractivity contribution in [3.05, 3.63) is 57.6 Å². The lowest BCUT2D eigenvalue weighted by molar-refractivity contribution is -0.137. The van der Waals surface area contributed by atoms with Crippen LogP contribution in [0.15, 0.2) is 34.9 Å². The molecule has 1 aromatic heterocycles. The van der Waals surface area contributed by atoms with Gasteiger partial charge in [0.15, 0.2) is 0 Å². The first-order valence-corrected chi connectivity index (χ1v) is 7.39. The Labute approximate surface area is 138 Å². The van der Waals surface area contributed by atoms with Gasteiger partial charge in [-0.1, -0.05) is 22.0 Å². The van der Waals surface area contributed by atoms with Crippen LogP contribution in [-0.2, 0) is 11.2 Å². The van der Waals surface area contributed by atoms with E-state index in [1.807, 2.05) is 0 Å². The second-order valence-electron chi connectivity index (χ2n) is 5.08. The Bertz CT molecular complexity index is 812. The summed E-state index contributed by atoms with van der Waals surface area (Å²) < 4.78 is 15.6. The normalized spacial score (nSPS) is 13.6. The number of hydrogen-bond acceptors (Lipinski definition) is 3. The molecule has 3 rings (SSSR count). The molecule has 0 radical (unpaired) electrons. The summed E-state index contributed by atoms with van der Waals surface area (Å²) in [5, 5.41) is 8.73. The number of carbonyl (C=O) groups excluding carboxylic acids is 2. The molecule has 118 valence electrons. The molecule has 0 spiro atoms. The van der Waals surface area contributed by atoms with Crippen molar-refractivity contribution < 1.29 is 23.9 Å². The third-order valence-corrected chi connectivity index (χ3v) is 3.97. The average Bonchev–Trinajstić information content (AvgIpc) is 2.97. The maximum atomic E-state index is 13.9. The zero-order chi connectivity index (χ0) is 16.7. The van der Waals surface area contributed by atoms with Crippen LogP contribution in [0.3, 0.4) is 0 Å². The summed E-state index contributed by atoms with van der Waals surface area (Å²) in [6.07, 6.45) is 1.65. The molecule has 1 aromatic carbocycles. The van der Waals surface area contributed by atoms with Crippen LogP contribution in [0.1, 0.15) is 21.6 Å². The third-order valence-electron chi connectivity index (χ3n) is 3.48. The molecule has 0 unspecified atom stereocenters.